The minimum absolute atomic E-state index is 0.161. The SMILES string of the molecule is COc1ccc(-c2csc(NC(=O)C(Sc3ccc(NC(=O)c4ccccc4C)cc3)c3ccccc3)n2)cc1OC. The Balaban J connectivity index is 1.30. The molecule has 1 aromatic heterocycles. The lowest BCUT2D eigenvalue weighted by Gasteiger charge is -2.16. The van der Waals surface area contributed by atoms with Gasteiger partial charge in [-0.2, -0.15) is 0 Å². The zero-order chi connectivity index (χ0) is 29.5. The molecule has 5 rings (SSSR count). The van der Waals surface area contributed by atoms with E-state index < -0.39 is 5.25 Å². The van der Waals surface area contributed by atoms with Crippen LogP contribution in [0.4, 0.5) is 10.8 Å². The fourth-order valence-corrected chi connectivity index (χ4v) is 6.06. The Morgan fingerprint density at radius 3 is 2.26 bits per heavy atom. The molecule has 0 aliphatic rings. The fraction of sp³-hybridized carbons (Fsp3) is 0.121. The maximum Gasteiger partial charge on any atom is 0.255 e. The van der Waals surface area contributed by atoms with E-state index >= 15 is 0 Å². The molecule has 9 heteroatoms. The number of thioether (sulfide) groups is 1. The molecule has 0 saturated carbocycles. The molecular formula is C33H29N3O4S2. The molecule has 0 radical (unpaired) electrons. The highest BCUT2D eigenvalue weighted by molar-refractivity contribution is 8.00. The molecule has 1 atom stereocenters. The van der Waals surface area contributed by atoms with Gasteiger partial charge in [0.15, 0.2) is 16.6 Å². The Kier molecular flexibility index (Phi) is 9.21. The second-order valence-electron chi connectivity index (χ2n) is 9.30. The van der Waals surface area contributed by atoms with Crippen LogP contribution in [0.5, 0.6) is 11.5 Å². The Labute approximate surface area is 252 Å². The Morgan fingerprint density at radius 2 is 1.55 bits per heavy atom. The molecule has 1 unspecified atom stereocenters. The van der Waals surface area contributed by atoms with Crippen molar-refractivity contribution in [3.63, 3.8) is 0 Å². The molecule has 2 amide bonds. The lowest BCUT2D eigenvalue weighted by atomic mass is 10.1. The largest absolute Gasteiger partial charge is 0.493 e. The molecule has 1 heterocycles. The summed E-state index contributed by atoms with van der Waals surface area (Å²) >= 11 is 2.79. The Hall–Kier alpha value is -4.60. The monoisotopic (exact) mass is 595 g/mol. The molecule has 2 N–H and O–H groups in total. The molecule has 0 saturated heterocycles. The number of benzene rings is 4. The number of rotatable bonds is 10. The average Bonchev–Trinajstić information content (AvgIpc) is 3.49. The number of anilines is 2. The maximum absolute atomic E-state index is 13.6. The van der Waals surface area contributed by atoms with Crippen molar-refractivity contribution in [3.8, 4) is 22.8 Å². The van der Waals surface area contributed by atoms with Gasteiger partial charge in [0.05, 0.1) is 19.9 Å². The summed E-state index contributed by atoms with van der Waals surface area (Å²) in [7, 11) is 3.18. The van der Waals surface area contributed by atoms with Crippen LogP contribution in [-0.2, 0) is 4.79 Å². The number of carbonyl (C=O) groups is 2. The number of aryl methyl sites for hydroxylation is 1. The summed E-state index contributed by atoms with van der Waals surface area (Å²) in [5.74, 6) is 0.895. The number of methoxy groups -OCH3 is 2. The van der Waals surface area contributed by atoms with Crippen LogP contribution in [0.1, 0.15) is 26.7 Å². The van der Waals surface area contributed by atoms with E-state index in [-0.39, 0.29) is 11.8 Å². The molecule has 42 heavy (non-hydrogen) atoms. The molecule has 212 valence electrons. The third-order valence-corrected chi connectivity index (χ3v) is 8.53. The highest BCUT2D eigenvalue weighted by Gasteiger charge is 2.23. The summed E-state index contributed by atoms with van der Waals surface area (Å²) in [6.07, 6.45) is 0. The number of thiazole rings is 1. The van der Waals surface area contributed by atoms with Gasteiger partial charge in [0.1, 0.15) is 5.25 Å². The van der Waals surface area contributed by atoms with E-state index in [0.717, 1.165) is 27.3 Å². The van der Waals surface area contributed by atoms with Crippen LogP contribution in [0.2, 0.25) is 0 Å². The van der Waals surface area contributed by atoms with Crippen LogP contribution in [0, 0.1) is 6.92 Å². The molecule has 4 aromatic carbocycles. The highest BCUT2D eigenvalue weighted by Crippen LogP contribution is 2.38. The van der Waals surface area contributed by atoms with Gasteiger partial charge in [0.2, 0.25) is 5.91 Å². The summed E-state index contributed by atoms with van der Waals surface area (Å²) in [5.41, 5.74) is 4.67. The normalized spacial score (nSPS) is 11.4. The van der Waals surface area contributed by atoms with Crippen molar-refractivity contribution in [2.75, 3.05) is 24.9 Å². The van der Waals surface area contributed by atoms with Crippen LogP contribution in [-0.4, -0.2) is 31.0 Å². The predicted octanol–water partition coefficient (Wildman–Crippen LogP) is 7.86. The van der Waals surface area contributed by atoms with E-state index in [2.05, 4.69) is 15.6 Å². The third kappa shape index (κ3) is 6.82. The summed E-state index contributed by atoms with van der Waals surface area (Å²) in [6, 6.07) is 30.2. The first-order valence-corrected chi connectivity index (χ1v) is 14.9. The molecule has 0 spiro atoms. The Morgan fingerprint density at radius 1 is 0.833 bits per heavy atom. The molecular weight excluding hydrogens is 567 g/mol. The van der Waals surface area contributed by atoms with Gasteiger partial charge in [-0.3, -0.25) is 9.59 Å². The van der Waals surface area contributed by atoms with E-state index in [0.29, 0.717) is 27.9 Å². The van der Waals surface area contributed by atoms with Crippen molar-refractivity contribution in [1.82, 2.24) is 4.98 Å². The van der Waals surface area contributed by atoms with E-state index in [1.165, 1.54) is 23.1 Å². The van der Waals surface area contributed by atoms with Gasteiger partial charge >= 0.3 is 0 Å². The van der Waals surface area contributed by atoms with Crippen molar-refractivity contribution in [1.29, 1.82) is 0 Å². The zero-order valence-electron chi connectivity index (χ0n) is 23.3. The summed E-state index contributed by atoms with van der Waals surface area (Å²) in [5, 5.41) is 7.82. The second kappa shape index (κ2) is 13.4. The average molecular weight is 596 g/mol. The van der Waals surface area contributed by atoms with Gasteiger partial charge in [-0.25, -0.2) is 4.98 Å². The molecule has 0 fully saturated rings. The van der Waals surface area contributed by atoms with Crippen molar-refractivity contribution in [2.24, 2.45) is 0 Å². The van der Waals surface area contributed by atoms with Gasteiger partial charge in [-0.15, -0.1) is 23.1 Å². The molecule has 0 aliphatic carbocycles. The van der Waals surface area contributed by atoms with Crippen LogP contribution >= 0.6 is 23.1 Å². The summed E-state index contributed by atoms with van der Waals surface area (Å²) in [6.45, 7) is 1.91. The van der Waals surface area contributed by atoms with Crippen molar-refractivity contribution < 1.29 is 19.1 Å². The van der Waals surface area contributed by atoms with E-state index in [9.17, 15) is 9.59 Å². The minimum Gasteiger partial charge on any atom is -0.493 e. The lowest BCUT2D eigenvalue weighted by molar-refractivity contribution is -0.115. The molecule has 0 aliphatic heterocycles. The first-order valence-electron chi connectivity index (χ1n) is 13.1. The van der Waals surface area contributed by atoms with E-state index in [1.54, 1.807) is 20.3 Å². The standard InChI is InChI=1S/C33H29N3O4S2/c1-21-9-7-8-12-26(21)31(37)34-24-14-16-25(17-15-24)42-30(22-10-5-4-6-11-22)32(38)36-33-35-27(20-41-33)23-13-18-28(39-2)29(19-23)40-3/h4-20,30H,1-3H3,(H,34,37)(H,35,36,38). The number of ether oxygens (including phenoxy) is 2. The zero-order valence-corrected chi connectivity index (χ0v) is 24.9. The van der Waals surface area contributed by atoms with Gasteiger partial charge in [0, 0.05) is 27.1 Å². The number of hydrogen-bond donors (Lipinski definition) is 2. The first-order chi connectivity index (χ1) is 20.4. The smallest absolute Gasteiger partial charge is 0.255 e. The maximum atomic E-state index is 13.6. The second-order valence-corrected chi connectivity index (χ2v) is 11.3. The number of hydrogen-bond acceptors (Lipinski definition) is 7. The number of carbonyl (C=O) groups excluding carboxylic acids is 2. The lowest BCUT2D eigenvalue weighted by Crippen LogP contribution is -2.19. The third-order valence-electron chi connectivity index (χ3n) is 6.51. The highest BCUT2D eigenvalue weighted by atomic mass is 32.2. The summed E-state index contributed by atoms with van der Waals surface area (Å²) in [4.78, 5) is 31.8. The molecule has 7 nitrogen and oxygen atoms in total. The van der Waals surface area contributed by atoms with Crippen LogP contribution in [0.3, 0.4) is 0 Å². The number of aromatic nitrogens is 1. The topological polar surface area (TPSA) is 89.6 Å². The van der Waals surface area contributed by atoms with E-state index in [1.807, 2.05) is 103 Å². The van der Waals surface area contributed by atoms with E-state index in [4.69, 9.17) is 9.47 Å². The quantitative estimate of drug-likeness (QED) is 0.160. The summed E-state index contributed by atoms with van der Waals surface area (Å²) < 4.78 is 10.7. The Bertz CT molecular complexity index is 1690. The van der Waals surface area contributed by atoms with Gasteiger partial charge < -0.3 is 20.1 Å². The van der Waals surface area contributed by atoms with Crippen molar-refractivity contribution >= 4 is 45.7 Å². The van der Waals surface area contributed by atoms with Crippen LogP contribution < -0.4 is 20.1 Å². The number of nitrogens with zero attached hydrogens (tertiary/aromatic N) is 1. The van der Waals surface area contributed by atoms with Crippen LogP contribution in [0.15, 0.2) is 107 Å². The molecule has 5 aromatic rings. The number of nitrogens with one attached hydrogen (secondary N) is 2. The van der Waals surface area contributed by atoms with Gasteiger partial charge in [0.25, 0.3) is 5.91 Å². The fourth-order valence-electron chi connectivity index (χ4n) is 4.31. The van der Waals surface area contributed by atoms with Gasteiger partial charge in [-0.1, -0.05) is 48.5 Å². The molecule has 0 bridgehead atoms. The first kappa shape index (κ1) is 28.9. The number of amides is 2. The van der Waals surface area contributed by atoms with Gasteiger partial charge in [-0.05, 0) is 66.6 Å². The predicted molar refractivity (Wildman–Crippen MR) is 170 cm³/mol. The minimum atomic E-state index is -0.521. The van der Waals surface area contributed by atoms with Crippen LogP contribution in [0.25, 0.3) is 11.3 Å². The van der Waals surface area contributed by atoms with Crippen molar-refractivity contribution in [2.45, 2.75) is 17.1 Å². The van der Waals surface area contributed by atoms with Crippen molar-refractivity contribution in [3.05, 3.63) is 119 Å².